The quantitative estimate of drug-likeness (QED) is 0.608. The number of rotatable bonds is 7. The Labute approximate surface area is 183 Å². The molecule has 1 aromatic heterocycles. The molecule has 31 heavy (non-hydrogen) atoms. The molecular weight excluding hydrogens is 414 g/mol. The summed E-state index contributed by atoms with van der Waals surface area (Å²) in [4.78, 5) is 2.40. The van der Waals surface area contributed by atoms with Gasteiger partial charge in [0.1, 0.15) is 5.75 Å². The molecule has 1 saturated heterocycles. The number of fused-ring (bicyclic) bond motifs is 1. The van der Waals surface area contributed by atoms with Crippen LogP contribution in [0.4, 0.5) is 0 Å². The number of hydrogen-bond donors (Lipinski definition) is 1. The fraction of sp³-hybridized carbons (Fsp3) is 0.391. The van der Waals surface area contributed by atoms with Crippen LogP contribution in [0.5, 0.6) is 5.75 Å². The molecule has 1 aliphatic rings. The Bertz CT molecular complexity index is 1130. The zero-order valence-corrected chi connectivity index (χ0v) is 18.8. The van der Waals surface area contributed by atoms with E-state index in [1.165, 1.54) is 4.31 Å². The highest BCUT2D eigenvalue weighted by atomic mass is 32.2. The number of aliphatic hydroxyl groups excluding tert-OH is 1. The van der Waals surface area contributed by atoms with Crippen molar-refractivity contribution in [3.63, 3.8) is 0 Å². The van der Waals surface area contributed by atoms with Crippen LogP contribution in [0.3, 0.4) is 0 Å². The van der Waals surface area contributed by atoms with E-state index < -0.39 is 16.1 Å². The number of aryl methyl sites for hydroxylation is 1. The van der Waals surface area contributed by atoms with E-state index in [0.29, 0.717) is 38.5 Å². The fourth-order valence-corrected chi connectivity index (χ4v) is 5.62. The van der Waals surface area contributed by atoms with E-state index in [2.05, 4.69) is 22.5 Å². The number of para-hydroxylation sites is 1. The first kappa shape index (κ1) is 21.8. The molecule has 0 unspecified atom stereocenters. The van der Waals surface area contributed by atoms with Crippen LogP contribution in [-0.4, -0.2) is 67.1 Å². The highest BCUT2D eigenvalue weighted by Crippen LogP contribution is 2.28. The third-order valence-electron chi connectivity index (χ3n) is 5.98. The maximum absolute atomic E-state index is 12.9. The summed E-state index contributed by atoms with van der Waals surface area (Å²) in [6, 6.07) is 14.6. The van der Waals surface area contributed by atoms with Gasteiger partial charge >= 0.3 is 0 Å². The Morgan fingerprint density at radius 3 is 2.35 bits per heavy atom. The molecule has 0 aliphatic carbocycles. The van der Waals surface area contributed by atoms with Gasteiger partial charge in [0, 0.05) is 61.9 Å². The number of methoxy groups -OCH3 is 1. The molecule has 1 fully saturated rings. The number of β-amino-alcohol motifs (C(OH)–C–C–N with tert-alkyl or cyclic N) is 1. The fourth-order valence-electron chi connectivity index (χ4n) is 4.19. The van der Waals surface area contributed by atoms with Gasteiger partial charge in [-0.3, -0.25) is 4.90 Å². The zero-order chi connectivity index (χ0) is 22.0. The molecule has 0 spiro atoms. The molecule has 3 aromatic rings. The minimum Gasteiger partial charge on any atom is -0.497 e. The lowest BCUT2D eigenvalue weighted by Gasteiger charge is -2.34. The summed E-state index contributed by atoms with van der Waals surface area (Å²) in [6.45, 7) is 5.38. The summed E-state index contributed by atoms with van der Waals surface area (Å²) in [5, 5.41) is 12.0. The molecule has 0 radical (unpaired) electrons. The summed E-state index contributed by atoms with van der Waals surface area (Å²) in [5.74, 6) is 0.627. The summed E-state index contributed by atoms with van der Waals surface area (Å²) >= 11 is 0. The topological polar surface area (TPSA) is 75.0 Å². The van der Waals surface area contributed by atoms with Gasteiger partial charge in [-0.15, -0.1) is 0 Å². The Morgan fingerprint density at radius 1 is 1.03 bits per heavy atom. The highest BCUT2D eigenvalue weighted by Gasteiger charge is 2.29. The molecule has 4 rings (SSSR count). The van der Waals surface area contributed by atoms with Gasteiger partial charge in [0.25, 0.3) is 0 Å². The Balaban J connectivity index is 1.41. The lowest BCUT2D eigenvalue weighted by molar-refractivity contribution is 0.0928. The number of ether oxygens (including phenoxy) is 1. The van der Waals surface area contributed by atoms with Crippen LogP contribution < -0.4 is 4.74 Å². The predicted octanol–water partition coefficient (Wildman–Crippen LogP) is 2.71. The van der Waals surface area contributed by atoms with Crippen molar-refractivity contribution in [3.05, 3.63) is 60.3 Å². The molecule has 0 amide bonds. The van der Waals surface area contributed by atoms with Crippen molar-refractivity contribution < 1.29 is 18.3 Å². The largest absolute Gasteiger partial charge is 0.497 e. The van der Waals surface area contributed by atoms with E-state index in [0.717, 1.165) is 23.0 Å². The number of piperazine rings is 1. The molecule has 166 valence electrons. The Kier molecular flexibility index (Phi) is 6.34. The molecule has 2 heterocycles. The molecule has 0 bridgehead atoms. The van der Waals surface area contributed by atoms with Crippen LogP contribution >= 0.6 is 0 Å². The lowest BCUT2D eigenvalue weighted by Crippen LogP contribution is -2.49. The van der Waals surface area contributed by atoms with E-state index in [1.54, 1.807) is 31.4 Å². The van der Waals surface area contributed by atoms with Crippen molar-refractivity contribution in [2.75, 3.05) is 39.8 Å². The monoisotopic (exact) mass is 443 g/mol. The van der Waals surface area contributed by atoms with Crippen molar-refractivity contribution in [2.45, 2.75) is 24.5 Å². The highest BCUT2D eigenvalue weighted by molar-refractivity contribution is 7.89. The number of hydrogen-bond acceptors (Lipinski definition) is 5. The second kappa shape index (κ2) is 9.00. The number of sulfonamides is 1. The van der Waals surface area contributed by atoms with E-state index in [4.69, 9.17) is 4.74 Å². The standard InChI is InChI=1S/C23H29N3O4S/c1-3-25-16-21(20-6-4-5-7-22(20)25)23(27)17-24-12-14-26(15-13-24)31(28,29)19-10-8-18(30-2)9-11-19/h4-11,16,23,27H,3,12-15,17H2,1-2H3/t23-/m1/s1. The van der Waals surface area contributed by atoms with Crippen molar-refractivity contribution >= 4 is 20.9 Å². The summed E-state index contributed by atoms with van der Waals surface area (Å²) < 4.78 is 34.6. The number of aliphatic hydroxyl groups is 1. The van der Waals surface area contributed by atoms with E-state index in [1.807, 2.05) is 24.4 Å². The summed E-state index contributed by atoms with van der Waals surface area (Å²) in [6.07, 6.45) is 1.40. The van der Waals surface area contributed by atoms with Crippen LogP contribution in [-0.2, 0) is 16.6 Å². The predicted molar refractivity (Wildman–Crippen MR) is 121 cm³/mol. The average molecular weight is 444 g/mol. The second-order valence-electron chi connectivity index (χ2n) is 7.78. The maximum Gasteiger partial charge on any atom is 0.243 e. The zero-order valence-electron chi connectivity index (χ0n) is 17.9. The van der Waals surface area contributed by atoms with Gasteiger partial charge in [-0.1, -0.05) is 18.2 Å². The van der Waals surface area contributed by atoms with E-state index in [9.17, 15) is 13.5 Å². The van der Waals surface area contributed by atoms with Crippen LogP contribution in [0.1, 0.15) is 18.6 Å². The molecule has 2 aromatic carbocycles. The molecule has 8 heteroatoms. The summed E-state index contributed by atoms with van der Waals surface area (Å²) in [7, 11) is -1.98. The minimum atomic E-state index is -3.53. The lowest BCUT2D eigenvalue weighted by atomic mass is 10.1. The number of aromatic nitrogens is 1. The van der Waals surface area contributed by atoms with Crippen molar-refractivity contribution in [1.29, 1.82) is 0 Å². The normalized spacial score (nSPS) is 17.1. The summed E-state index contributed by atoms with van der Waals surface area (Å²) in [5.41, 5.74) is 2.04. The SMILES string of the molecule is CCn1cc([C@H](O)CN2CCN(S(=O)(=O)c3ccc(OC)cc3)CC2)c2ccccc21. The number of nitrogens with zero attached hydrogens (tertiary/aromatic N) is 3. The van der Waals surface area contributed by atoms with Crippen LogP contribution in [0.25, 0.3) is 10.9 Å². The first-order chi connectivity index (χ1) is 14.9. The molecule has 1 N–H and O–H groups in total. The van der Waals surface area contributed by atoms with Gasteiger partial charge in [0.05, 0.1) is 18.1 Å². The van der Waals surface area contributed by atoms with Gasteiger partial charge in [-0.2, -0.15) is 4.31 Å². The van der Waals surface area contributed by atoms with Gasteiger partial charge < -0.3 is 14.4 Å². The molecule has 0 saturated carbocycles. The first-order valence-electron chi connectivity index (χ1n) is 10.6. The van der Waals surface area contributed by atoms with Gasteiger partial charge in [0.15, 0.2) is 0 Å². The minimum absolute atomic E-state index is 0.272. The Hall–Kier alpha value is -2.39. The van der Waals surface area contributed by atoms with Gasteiger partial charge in [-0.05, 0) is 37.3 Å². The third kappa shape index (κ3) is 4.34. The van der Waals surface area contributed by atoms with Gasteiger partial charge in [-0.25, -0.2) is 8.42 Å². The third-order valence-corrected chi connectivity index (χ3v) is 7.89. The van der Waals surface area contributed by atoms with Crippen molar-refractivity contribution in [1.82, 2.24) is 13.8 Å². The average Bonchev–Trinajstić information content (AvgIpc) is 3.18. The number of benzene rings is 2. The first-order valence-corrected chi connectivity index (χ1v) is 12.0. The molecular formula is C23H29N3O4S. The second-order valence-corrected chi connectivity index (χ2v) is 9.72. The molecule has 7 nitrogen and oxygen atoms in total. The molecule has 1 aliphatic heterocycles. The van der Waals surface area contributed by atoms with E-state index >= 15 is 0 Å². The Morgan fingerprint density at radius 2 is 1.71 bits per heavy atom. The van der Waals surface area contributed by atoms with Crippen molar-refractivity contribution in [3.8, 4) is 5.75 Å². The van der Waals surface area contributed by atoms with E-state index in [-0.39, 0.29) is 4.90 Å². The van der Waals surface area contributed by atoms with Crippen LogP contribution in [0, 0.1) is 0 Å². The molecule has 1 atom stereocenters. The van der Waals surface area contributed by atoms with Gasteiger partial charge in [0.2, 0.25) is 10.0 Å². The van der Waals surface area contributed by atoms with Crippen molar-refractivity contribution in [2.24, 2.45) is 0 Å². The van der Waals surface area contributed by atoms with Crippen LogP contribution in [0.15, 0.2) is 59.6 Å². The van der Waals surface area contributed by atoms with Crippen LogP contribution in [0.2, 0.25) is 0 Å². The smallest absolute Gasteiger partial charge is 0.243 e. The maximum atomic E-state index is 12.9.